The van der Waals surface area contributed by atoms with Crippen molar-refractivity contribution in [3.8, 4) is 11.6 Å². The highest BCUT2D eigenvalue weighted by Gasteiger charge is 2.28. The Labute approximate surface area is 167 Å². The van der Waals surface area contributed by atoms with Crippen LogP contribution in [0.3, 0.4) is 0 Å². The molecule has 9 heteroatoms. The Kier molecular flexibility index (Phi) is 4.51. The van der Waals surface area contributed by atoms with Crippen molar-refractivity contribution >= 4 is 11.6 Å². The summed E-state index contributed by atoms with van der Waals surface area (Å²) in [4.78, 5) is 24.3. The van der Waals surface area contributed by atoms with Crippen molar-refractivity contribution in [3.63, 3.8) is 0 Å². The van der Waals surface area contributed by atoms with Crippen LogP contribution < -0.4 is 15.5 Å². The number of fused-ring (bicyclic) bond motifs is 1. The first-order valence-corrected chi connectivity index (χ1v) is 9.72. The van der Waals surface area contributed by atoms with Gasteiger partial charge in [-0.2, -0.15) is 0 Å². The van der Waals surface area contributed by atoms with Gasteiger partial charge in [-0.05, 0) is 13.0 Å². The third-order valence-electron chi connectivity index (χ3n) is 5.38. The number of halogens is 1. The van der Waals surface area contributed by atoms with Gasteiger partial charge in [-0.1, -0.05) is 0 Å². The summed E-state index contributed by atoms with van der Waals surface area (Å²) in [7, 11) is 0. The lowest BCUT2D eigenvalue weighted by atomic mass is 9.99. The van der Waals surface area contributed by atoms with Gasteiger partial charge in [0.05, 0.1) is 17.8 Å². The fourth-order valence-corrected chi connectivity index (χ4v) is 3.70. The maximum atomic E-state index is 14.3. The molecule has 148 valence electrons. The number of hydrogen-bond acceptors (Lipinski definition) is 8. The van der Waals surface area contributed by atoms with Crippen LogP contribution >= 0.6 is 0 Å². The van der Waals surface area contributed by atoms with Crippen molar-refractivity contribution in [2.45, 2.75) is 25.4 Å². The Hall–Kier alpha value is -3.20. The molecule has 2 N–H and O–H groups in total. The molecule has 3 aromatic rings. The molecule has 1 saturated heterocycles. The van der Waals surface area contributed by atoms with Gasteiger partial charge in [0.1, 0.15) is 17.5 Å². The van der Waals surface area contributed by atoms with Crippen LogP contribution in [0.4, 0.5) is 16.0 Å². The quantitative estimate of drug-likeness (QED) is 0.696. The Morgan fingerprint density at radius 2 is 1.93 bits per heavy atom. The van der Waals surface area contributed by atoms with Crippen molar-refractivity contribution in [1.82, 2.24) is 30.2 Å². The average Bonchev–Trinajstić information content (AvgIpc) is 2.71. The van der Waals surface area contributed by atoms with Gasteiger partial charge < -0.3 is 15.5 Å². The molecule has 1 unspecified atom stereocenters. The van der Waals surface area contributed by atoms with Crippen LogP contribution in [0.25, 0.3) is 11.6 Å². The van der Waals surface area contributed by atoms with Crippen molar-refractivity contribution in [2.24, 2.45) is 0 Å². The minimum Gasteiger partial charge on any atom is -0.365 e. The topological polar surface area (TPSA) is 91.8 Å². The van der Waals surface area contributed by atoms with E-state index in [1.54, 1.807) is 18.5 Å². The zero-order valence-corrected chi connectivity index (χ0v) is 16.0. The fraction of sp³-hybridized carbons (Fsp3) is 0.350. The van der Waals surface area contributed by atoms with Gasteiger partial charge in [-0.15, -0.1) is 0 Å². The molecule has 0 aromatic carbocycles. The summed E-state index contributed by atoms with van der Waals surface area (Å²) in [6.07, 6.45) is 5.89. The van der Waals surface area contributed by atoms with Gasteiger partial charge >= 0.3 is 0 Å². The summed E-state index contributed by atoms with van der Waals surface area (Å²) >= 11 is 0. The summed E-state index contributed by atoms with van der Waals surface area (Å²) in [5.41, 5.74) is 1.99. The normalized spacial score (nSPS) is 18.8. The Morgan fingerprint density at radius 1 is 1.10 bits per heavy atom. The van der Waals surface area contributed by atoms with E-state index in [-0.39, 0.29) is 11.9 Å². The van der Waals surface area contributed by atoms with Crippen molar-refractivity contribution in [3.05, 3.63) is 53.9 Å². The van der Waals surface area contributed by atoms with Gasteiger partial charge in [0.25, 0.3) is 0 Å². The highest BCUT2D eigenvalue weighted by Crippen LogP contribution is 2.33. The molecule has 5 rings (SSSR count). The van der Waals surface area contributed by atoms with E-state index in [2.05, 4.69) is 47.4 Å². The minimum absolute atomic E-state index is 0.0167. The Morgan fingerprint density at radius 3 is 2.69 bits per heavy atom. The van der Waals surface area contributed by atoms with Gasteiger partial charge in [0.2, 0.25) is 0 Å². The van der Waals surface area contributed by atoms with E-state index in [1.165, 1.54) is 12.1 Å². The zero-order chi connectivity index (χ0) is 19.8. The molecular weight excluding hydrogens is 371 g/mol. The predicted octanol–water partition coefficient (Wildman–Crippen LogP) is 1.98. The van der Waals surface area contributed by atoms with Crippen molar-refractivity contribution in [1.29, 1.82) is 0 Å². The van der Waals surface area contributed by atoms with Crippen LogP contribution in [0, 0.1) is 5.82 Å². The van der Waals surface area contributed by atoms with Gasteiger partial charge in [0.15, 0.2) is 11.6 Å². The maximum Gasteiger partial charge on any atom is 0.197 e. The number of pyridine rings is 1. The van der Waals surface area contributed by atoms with E-state index in [9.17, 15) is 4.39 Å². The van der Waals surface area contributed by atoms with Gasteiger partial charge in [0, 0.05) is 62.3 Å². The monoisotopic (exact) mass is 392 g/mol. The molecule has 0 saturated carbocycles. The predicted molar refractivity (Wildman–Crippen MR) is 107 cm³/mol. The first kappa shape index (κ1) is 17.9. The van der Waals surface area contributed by atoms with Crippen molar-refractivity contribution < 1.29 is 4.39 Å². The second kappa shape index (κ2) is 7.32. The van der Waals surface area contributed by atoms with Crippen LogP contribution in [0.5, 0.6) is 0 Å². The van der Waals surface area contributed by atoms with Crippen LogP contribution in [0.1, 0.15) is 24.2 Å². The molecule has 0 bridgehead atoms. The van der Waals surface area contributed by atoms with E-state index < -0.39 is 0 Å². The van der Waals surface area contributed by atoms with E-state index in [1.807, 2.05) is 6.20 Å². The van der Waals surface area contributed by atoms with Crippen molar-refractivity contribution in [2.75, 3.05) is 29.9 Å². The highest BCUT2D eigenvalue weighted by molar-refractivity contribution is 5.52. The lowest BCUT2D eigenvalue weighted by molar-refractivity contribution is 0.470. The summed E-state index contributed by atoms with van der Waals surface area (Å²) in [6.45, 7) is 4.49. The molecule has 29 heavy (non-hydrogen) atoms. The molecule has 1 atom stereocenters. The first-order chi connectivity index (χ1) is 14.2. The molecule has 0 radical (unpaired) electrons. The Balaban J connectivity index is 1.42. The molecule has 0 spiro atoms. The molecule has 5 heterocycles. The largest absolute Gasteiger partial charge is 0.365 e. The smallest absolute Gasteiger partial charge is 0.197 e. The molecule has 2 aliphatic heterocycles. The molecular formula is C20H21FN8. The number of rotatable bonds is 4. The third-order valence-corrected chi connectivity index (χ3v) is 5.38. The SMILES string of the molecule is CC1c2cnc(-c3ncccn3)nc2CCN1c1cc(F)cc(NC2CNC2)n1. The number of anilines is 2. The summed E-state index contributed by atoms with van der Waals surface area (Å²) < 4.78 is 14.3. The van der Waals surface area contributed by atoms with Crippen LogP contribution in [0.15, 0.2) is 36.8 Å². The lowest BCUT2D eigenvalue weighted by Gasteiger charge is -2.36. The fourth-order valence-electron chi connectivity index (χ4n) is 3.70. The standard InChI is InChI=1S/C20H21FN8/c1-12-15-11-25-20(19-23-4-2-5-24-19)27-16(15)3-6-29(12)18-8-13(21)7-17(28-18)26-14-9-22-10-14/h2,4-5,7-8,11-12,14,22H,3,6,9-10H2,1H3,(H,26,28). The van der Waals surface area contributed by atoms with Crippen LogP contribution in [-0.2, 0) is 6.42 Å². The summed E-state index contributed by atoms with van der Waals surface area (Å²) in [5, 5.41) is 6.47. The molecule has 2 aliphatic rings. The number of aromatic nitrogens is 5. The maximum absolute atomic E-state index is 14.3. The summed E-state index contributed by atoms with van der Waals surface area (Å²) in [5.74, 6) is 1.93. The van der Waals surface area contributed by atoms with E-state index >= 15 is 0 Å². The lowest BCUT2D eigenvalue weighted by Crippen LogP contribution is -2.51. The molecule has 1 fully saturated rings. The molecule has 0 aliphatic carbocycles. The van der Waals surface area contributed by atoms with Gasteiger partial charge in [-0.25, -0.2) is 29.3 Å². The van der Waals surface area contributed by atoms with E-state index in [4.69, 9.17) is 0 Å². The van der Waals surface area contributed by atoms with Crippen LogP contribution in [-0.4, -0.2) is 50.6 Å². The second-order valence-electron chi connectivity index (χ2n) is 7.32. The van der Waals surface area contributed by atoms with E-state index in [0.29, 0.717) is 35.9 Å². The second-order valence-corrected chi connectivity index (χ2v) is 7.32. The third kappa shape index (κ3) is 3.49. The molecule has 3 aromatic heterocycles. The minimum atomic E-state index is -0.296. The first-order valence-electron chi connectivity index (χ1n) is 9.72. The zero-order valence-electron chi connectivity index (χ0n) is 16.0. The van der Waals surface area contributed by atoms with E-state index in [0.717, 1.165) is 30.8 Å². The average molecular weight is 392 g/mol. The Bertz CT molecular complexity index is 1020. The summed E-state index contributed by atoms with van der Waals surface area (Å²) in [6, 6.07) is 4.97. The molecule has 8 nitrogen and oxygen atoms in total. The number of nitrogens with one attached hydrogen (secondary N) is 2. The van der Waals surface area contributed by atoms with Crippen LogP contribution in [0.2, 0.25) is 0 Å². The number of nitrogens with zero attached hydrogens (tertiary/aromatic N) is 6. The van der Waals surface area contributed by atoms with Gasteiger partial charge in [-0.3, -0.25) is 0 Å². The molecule has 0 amide bonds. The number of hydrogen-bond donors (Lipinski definition) is 2. The highest BCUT2D eigenvalue weighted by atomic mass is 19.1.